The van der Waals surface area contributed by atoms with Crippen molar-refractivity contribution in [2.75, 3.05) is 13.2 Å². The lowest BCUT2D eigenvalue weighted by molar-refractivity contribution is -0.742. The zero-order chi connectivity index (χ0) is 24.0. The number of hydrogen-bond donors (Lipinski definition) is 1. The average molecular weight is 514 g/mol. The van der Waals surface area contributed by atoms with Crippen LogP contribution >= 0.6 is 23.2 Å². The van der Waals surface area contributed by atoms with Crippen molar-refractivity contribution in [1.82, 2.24) is 9.55 Å². The van der Waals surface area contributed by atoms with E-state index >= 15 is 0 Å². The smallest absolute Gasteiger partial charge is 0.291 e. The zero-order valence-corrected chi connectivity index (χ0v) is 20.0. The minimum Gasteiger partial charge on any atom is -0.491 e. The van der Waals surface area contributed by atoms with Crippen LogP contribution in [0, 0.1) is 24.0 Å². The number of ether oxygens (including phenoxy) is 3. The molecule has 1 aliphatic heterocycles. The Hall–Kier alpha value is -2.89. The Bertz CT molecular complexity index is 1070. The lowest BCUT2D eigenvalue weighted by atomic mass is 10.1. The number of rotatable bonds is 6. The maximum absolute atomic E-state index is 8.36. The molecule has 3 N–H and O–H groups in total. The molecule has 12 heteroatoms. The fourth-order valence-electron chi connectivity index (χ4n) is 3.58. The van der Waals surface area contributed by atoms with Gasteiger partial charge < -0.3 is 29.5 Å². The molecule has 3 aromatic rings. The van der Waals surface area contributed by atoms with Crippen molar-refractivity contribution in [3.63, 3.8) is 0 Å². The van der Waals surface area contributed by atoms with Gasteiger partial charge in [0.05, 0.1) is 24.5 Å². The summed E-state index contributed by atoms with van der Waals surface area (Å²) in [5.41, 5.74) is 3.04. The van der Waals surface area contributed by atoms with Crippen molar-refractivity contribution < 1.29 is 30.0 Å². The van der Waals surface area contributed by atoms with E-state index in [1.807, 2.05) is 42.8 Å². The van der Waals surface area contributed by atoms with E-state index in [4.69, 9.17) is 52.7 Å². The minimum atomic E-state index is -1.50. The summed E-state index contributed by atoms with van der Waals surface area (Å²) in [6.45, 7) is 5.27. The van der Waals surface area contributed by atoms with Crippen LogP contribution < -0.4 is 4.74 Å². The largest absolute Gasteiger partial charge is 0.491 e. The van der Waals surface area contributed by atoms with Gasteiger partial charge in [-0.1, -0.05) is 35.3 Å². The summed E-state index contributed by atoms with van der Waals surface area (Å²) in [4.78, 5) is 12.5. The number of aromatic nitrogens is 2. The number of benzene rings is 2. The normalized spacial score (nSPS) is 19.0. The van der Waals surface area contributed by atoms with Crippen LogP contribution in [0.25, 0.3) is 0 Å². The second-order valence-corrected chi connectivity index (χ2v) is 8.38. The highest BCUT2D eigenvalue weighted by Gasteiger charge is 2.45. The summed E-state index contributed by atoms with van der Waals surface area (Å²) in [6, 6.07) is 11.5. The van der Waals surface area contributed by atoms with E-state index in [0.717, 1.165) is 22.4 Å². The molecule has 0 saturated carbocycles. The molecule has 2 unspecified atom stereocenters. The number of imidazole rings is 1. The molecule has 1 aliphatic rings. The predicted molar refractivity (Wildman–Crippen MR) is 125 cm³/mol. The first-order chi connectivity index (χ1) is 15.7. The Kier molecular flexibility index (Phi) is 9.66. The van der Waals surface area contributed by atoms with Crippen LogP contribution in [0.4, 0.5) is 0 Å². The second-order valence-electron chi connectivity index (χ2n) is 7.54. The summed E-state index contributed by atoms with van der Waals surface area (Å²) in [6.07, 6.45) is 5.05. The summed E-state index contributed by atoms with van der Waals surface area (Å²) in [5, 5.41) is 14.7. The van der Waals surface area contributed by atoms with Crippen molar-refractivity contribution in [2.24, 2.45) is 0 Å². The highest BCUT2D eigenvalue weighted by Crippen LogP contribution is 2.40. The molecule has 1 saturated heterocycles. The van der Waals surface area contributed by atoms with E-state index in [0.29, 0.717) is 29.8 Å². The van der Waals surface area contributed by atoms with Gasteiger partial charge in [-0.25, -0.2) is 4.98 Å². The fourth-order valence-corrected chi connectivity index (χ4v) is 4.13. The molecule has 0 aliphatic carbocycles. The number of halogens is 2. The standard InChI is InChI=1S/C22H22Cl2N2O3.HNO3.H2O/c1-15-7-16(2)9-18(8-15)27-11-19-12-28-22(29-19,13-26-6-5-25-14-26)20-4-3-17(23)10-21(20)24;2-1(3)4;/h3-10,14,19H,11-13H2,1-2H3;(H,2,3,4);1H2. The zero-order valence-electron chi connectivity index (χ0n) is 18.5. The van der Waals surface area contributed by atoms with Gasteiger partial charge in [0.1, 0.15) is 18.5 Å². The molecular formula is C22H25Cl2N3O7. The molecule has 1 fully saturated rings. The van der Waals surface area contributed by atoms with Gasteiger partial charge in [0.25, 0.3) is 5.09 Å². The van der Waals surface area contributed by atoms with Crippen LogP contribution in [-0.2, 0) is 21.8 Å². The van der Waals surface area contributed by atoms with Gasteiger partial charge in [-0.3, -0.25) is 0 Å². The van der Waals surface area contributed by atoms with E-state index in [1.165, 1.54) is 0 Å². The summed E-state index contributed by atoms with van der Waals surface area (Å²) >= 11 is 12.6. The lowest BCUT2D eigenvalue weighted by Gasteiger charge is -2.30. The number of aryl methyl sites for hydroxylation is 2. The second kappa shape index (κ2) is 12.0. The predicted octanol–water partition coefficient (Wildman–Crippen LogP) is 3.98. The molecule has 2 heterocycles. The highest BCUT2D eigenvalue weighted by atomic mass is 35.5. The van der Waals surface area contributed by atoms with Gasteiger partial charge >= 0.3 is 0 Å². The topological polar surface area (TPSA) is 140 Å². The van der Waals surface area contributed by atoms with E-state index in [2.05, 4.69) is 11.1 Å². The van der Waals surface area contributed by atoms with Gasteiger partial charge in [0.2, 0.25) is 5.79 Å². The molecule has 10 nitrogen and oxygen atoms in total. The van der Waals surface area contributed by atoms with Gasteiger partial charge in [-0.2, -0.15) is 0 Å². The molecule has 1 aromatic heterocycles. The molecule has 0 radical (unpaired) electrons. The first-order valence-electron chi connectivity index (χ1n) is 9.94. The summed E-state index contributed by atoms with van der Waals surface area (Å²) in [5.74, 6) is -0.221. The number of nitrogens with zero attached hydrogens (tertiary/aromatic N) is 3. The van der Waals surface area contributed by atoms with Crippen LogP contribution in [0.2, 0.25) is 10.0 Å². The Morgan fingerprint density at radius 2 is 1.94 bits per heavy atom. The van der Waals surface area contributed by atoms with Crippen molar-refractivity contribution in [3.05, 3.63) is 92.0 Å². The third kappa shape index (κ3) is 7.31. The van der Waals surface area contributed by atoms with Crippen molar-refractivity contribution in [2.45, 2.75) is 32.3 Å². The van der Waals surface area contributed by atoms with Gasteiger partial charge in [-0.15, -0.1) is 10.1 Å². The monoisotopic (exact) mass is 513 g/mol. The van der Waals surface area contributed by atoms with Crippen LogP contribution in [0.3, 0.4) is 0 Å². The van der Waals surface area contributed by atoms with Gasteiger partial charge in [-0.05, 0) is 49.2 Å². The summed E-state index contributed by atoms with van der Waals surface area (Å²) in [7, 11) is 0. The molecule has 4 rings (SSSR count). The quantitative estimate of drug-likeness (QED) is 0.388. The first kappa shape index (κ1) is 27.4. The maximum atomic E-state index is 8.36. The van der Waals surface area contributed by atoms with Crippen LogP contribution in [-0.4, -0.2) is 44.6 Å². The molecule has 2 atom stereocenters. The first-order valence-corrected chi connectivity index (χ1v) is 10.7. The van der Waals surface area contributed by atoms with Crippen molar-refractivity contribution in [3.8, 4) is 5.75 Å². The van der Waals surface area contributed by atoms with Crippen molar-refractivity contribution in [1.29, 1.82) is 0 Å². The summed E-state index contributed by atoms with van der Waals surface area (Å²) < 4.78 is 20.5. The Morgan fingerprint density at radius 1 is 1.26 bits per heavy atom. The molecule has 0 spiro atoms. The average Bonchev–Trinajstić information content (AvgIpc) is 3.36. The third-order valence-corrected chi connectivity index (χ3v) is 5.33. The van der Waals surface area contributed by atoms with Crippen LogP contribution in [0.5, 0.6) is 5.75 Å². The van der Waals surface area contributed by atoms with E-state index < -0.39 is 10.9 Å². The Labute approximate surface area is 206 Å². The molecular weight excluding hydrogens is 489 g/mol. The third-order valence-electron chi connectivity index (χ3n) is 4.78. The van der Waals surface area contributed by atoms with Gasteiger partial charge in [0.15, 0.2) is 0 Å². The van der Waals surface area contributed by atoms with Crippen molar-refractivity contribution >= 4 is 23.2 Å². The fraction of sp³-hybridized carbons (Fsp3) is 0.318. The maximum Gasteiger partial charge on any atom is 0.291 e. The Morgan fingerprint density at radius 3 is 2.53 bits per heavy atom. The van der Waals surface area contributed by atoms with E-state index in [-0.39, 0.29) is 11.6 Å². The Balaban J connectivity index is 0.000000758. The molecule has 0 bridgehead atoms. The lowest BCUT2D eigenvalue weighted by Crippen LogP contribution is -2.34. The van der Waals surface area contributed by atoms with E-state index in [1.54, 1.807) is 24.7 Å². The molecule has 34 heavy (non-hydrogen) atoms. The van der Waals surface area contributed by atoms with Crippen LogP contribution in [0.15, 0.2) is 55.1 Å². The highest BCUT2D eigenvalue weighted by molar-refractivity contribution is 6.35. The van der Waals surface area contributed by atoms with Crippen LogP contribution in [0.1, 0.15) is 16.7 Å². The molecule has 0 amide bonds. The SMILES string of the molecule is Cc1cc(C)cc(OCC2COC(Cn3ccnc3)(c3ccc(Cl)cc3Cl)O2)c1.O.O=[N+]([O-])O. The number of hydrogen-bond acceptors (Lipinski definition) is 6. The van der Waals surface area contributed by atoms with E-state index in [9.17, 15) is 0 Å². The van der Waals surface area contributed by atoms with Gasteiger partial charge in [0, 0.05) is 23.0 Å². The molecule has 184 valence electrons. The minimum absolute atomic E-state index is 0. The molecule has 2 aromatic carbocycles.